The molecule has 3 heterocycles. The molecule has 176 valence electrons. The summed E-state index contributed by atoms with van der Waals surface area (Å²) in [6.07, 6.45) is 2.80. The van der Waals surface area contributed by atoms with Crippen molar-refractivity contribution in [1.29, 1.82) is 0 Å². The highest BCUT2D eigenvalue weighted by molar-refractivity contribution is 5.75. The van der Waals surface area contributed by atoms with Crippen molar-refractivity contribution < 1.29 is 13.9 Å². The average Bonchev–Trinajstić information content (AvgIpc) is 2.79. The van der Waals surface area contributed by atoms with Gasteiger partial charge in [0.2, 0.25) is 23.8 Å². The minimum absolute atomic E-state index is 0.0865. The Morgan fingerprint density at radius 3 is 2.67 bits per heavy atom. The lowest BCUT2D eigenvalue weighted by molar-refractivity contribution is -0.118. The summed E-state index contributed by atoms with van der Waals surface area (Å²) in [6, 6.07) is 2.08. The summed E-state index contributed by atoms with van der Waals surface area (Å²) in [6.45, 7) is 8.22. The Bertz CT molecular complexity index is 1010. The summed E-state index contributed by atoms with van der Waals surface area (Å²) in [5.41, 5.74) is 7.32. The van der Waals surface area contributed by atoms with Crippen LogP contribution in [0, 0.1) is 5.82 Å². The number of carbonyl (C=O) groups is 1. The number of nitrogens with two attached hydrogens (primary N) is 1. The Morgan fingerprint density at radius 2 is 2.03 bits per heavy atom. The number of ether oxygens (including phenoxy) is 1. The summed E-state index contributed by atoms with van der Waals surface area (Å²) in [7, 11) is 1.81. The maximum Gasteiger partial charge on any atom is 0.233 e. The SMILES string of the molecule is C=C(/C=C(/C)NC)Nc1nc(NC(CC(N)=O)c2ccc(F)cn2)nc(N2CCOCC2)n1. The molecule has 11 nitrogen and oxygen atoms in total. The number of pyridine rings is 1. The molecule has 0 saturated carbocycles. The van der Waals surface area contributed by atoms with Crippen molar-refractivity contribution in [1.82, 2.24) is 25.3 Å². The molecule has 1 saturated heterocycles. The Balaban J connectivity index is 1.92. The first-order valence-electron chi connectivity index (χ1n) is 10.4. The van der Waals surface area contributed by atoms with Gasteiger partial charge in [-0.2, -0.15) is 15.0 Å². The first-order valence-corrected chi connectivity index (χ1v) is 10.4. The molecule has 0 spiro atoms. The van der Waals surface area contributed by atoms with Gasteiger partial charge in [-0.25, -0.2) is 4.39 Å². The number of hydrogen-bond donors (Lipinski definition) is 4. The molecule has 0 aromatic carbocycles. The number of hydrogen-bond acceptors (Lipinski definition) is 10. The molecule has 1 atom stereocenters. The third-order valence-corrected chi connectivity index (χ3v) is 4.79. The van der Waals surface area contributed by atoms with Crippen LogP contribution in [0.4, 0.5) is 22.2 Å². The number of allylic oxidation sites excluding steroid dienone is 2. The minimum atomic E-state index is -0.662. The second-order valence-corrected chi connectivity index (χ2v) is 7.38. The lowest BCUT2D eigenvalue weighted by atomic mass is 10.1. The molecule has 0 radical (unpaired) electrons. The van der Waals surface area contributed by atoms with Crippen molar-refractivity contribution in [3.63, 3.8) is 0 Å². The van der Waals surface area contributed by atoms with E-state index in [1.54, 1.807) is 0 Å². The molecule has 5 N–H and O–H groups in total. The van der Waals surface area contributed by atoms with Gasteiger partial charge in [-0.05, 0) is 25.1 Å². The van der Waals surface area contributed by atoms with E-state index >= 15 is 0 Å². The van der Waals surface area contributed by atoms with Crippen molar-refractivity contribution in [2.24, 2.45) is 5.73 Å². The van der Waals surface area contributed by atoms with Crippen LogP contribution in [0.15, 0.2) is 42.4 Å². The topological polar surface area (TPSA) is 143 Å². The molecule has 1 amide bonds. The van der Waals surface area contributed by atoms with E-state index in [1.807, 2.05) is 24.9 Å². The van der Waals surface area contributed by atoms with Crippen LogP contribution >= 0.6 is 0 Å². The third kappa shape index (κ3) is 7.10. The Kier molecular flexibility index (Phi) is 8.08. The third-order valence-electron chi connectivity index (χ3n) is 4.79. The molecule has 0 bridgehead atoms. The molecule has 33 heavy (non-hydrogen) atoms. The number of rotatable bonds is 10. The van der Waals surface area contributed by atoms with Crippen molar-refractivity contribution in [2.75, 3.05) is 48.9 Å². The number of nitrogens with zero attached hydrogens (tertiary/aromatic N) is 5. The molecule has 2 aromatic rings. The largest absolute Gasteiger partial charge is 0.392 e. The summed E-state index contributed by atoms with van der Waals surface area (Å²) < 4.78 is 18.8. The molecule has 12 heteroatoms. The fourth-order valence-corrected chi connectivity index (χ4v) is 3.08. The molecule has 1 aliphatic heterocycles. The number of nitrogens with one attached hydrogen (secondary N) is 3. The second-order valence-electron chi connectivity index (χ2n) is 7.38. The summed E-state index contributed by atoms with van der Waals surface area (Å²) in [5, 5.41) is 9.17. The van der Waals surface area contributed by atoms with Gasteiger partial charge in [-0.1, -0.05) is 6.58 Å². The smallest absolute Gasteiger partial charge is 0.233 e. The predicted octanol–water partition coefficient (Wildman–Crippen LogP) is 1.32. The molecule has 2 aromatic heterocycles. The standard InChI is InChI=1S/C21H28FN9O2/c1-13(24-3)10-14(2)26-19-28-20(30-21(29-19)31-6-8-33-9-7-31)27-17(11-18(23)32)16-5-4-15(22)12-25-16/h4-5,10,12,17,24H,2,6-9,11H2,1,3H3,(H2,23,32)(H2,26,27,28,29,30)/b13-10-. The van der Waals surface area contributed by atoms with Crippen LogP contribution < -0.4 is 26.6 Å². The molecule has 3 rings (SSSR count). The number of aromatic nitrogens is 4. The zero-order chi connectivity index (χ0) is 23.8. The van der Waals surface area contributed by atoms with E-state index in [0.29, 0.717) is 43.6 Å². The van der Waals surface area contributed by atoms with Crippen LogP contribution in [0.2, 0.25) is 0 Å². The minimum Gasteiger partial charge on any atom is -0.392 e. The highest BCUT2D eigenvalue weighted by Crippen LogP contribution is 2.22. The number of anilines is 3. The van der Waals surface area contributed by atoms with E-state index in [9.17, 15) is 9.18 Å². The van der Waals surface area contributed by atoms with Gasteiger partial charge >= 0.3 is 0 Å². The highest BCUT2D eigenvalue weighted by atomic mass is 19.1. The van der Waals surface area contributed by atoms with Gasteiger partial charge in [0.05, 0.1) is 37.6 Å². The number of morpholine rings is 1. The molecular formula is C21H28FN9O2. The zero-order valence-corrected chi connectivity index (χ0v) is 18.6. The van der Waals surface area contributed by atoms with Crippen LogP contribution in [0.1, 0.15) is 25.1 Å². The summed E-state index contributed by atoms with van der Waals surface area (Å²) >= 11 is 0. The first kappa shape index (κ1) is 23.9. The van der Waals surface area contributed by atoms with Crippen molar-refractivity contribution >= 4 is 23.8 Å². The summed E-state index contributed by atoms with van der Waals surface area (Å²) in [5.74, 6) is -0.135. The molecule has 1 fully saturated rings. The van der Waals surface area contributed by atoms with Crippen LogP contribution in [0.25, 0.3) is 0 Å². The van der Waals surface area contributed by atoms with Gasteiger partial charge in [0, 0.05) is 31.5 Å². The van der Waals surface area contributed by atoms with Gasteiger partial charge in [-0.15, -0.1) is 0 Å². The fraction of sp³-hybridized carbons (Fsp3) is 0.381. The number of carbonyl (C=O) groups excluding carboxylic acids is 1. The quantitative estimate of drug-likeness (QED) is 0.386. The van der Waals surface area contributed by atoms with Crippen LogP contribution in [0.3, 0.4) is 0 Å². The van der Waals surface area contributed by atoms with Gasteiger partial charge < -0.3 is 31.3 Å². The monoisotopic (exact) mass is 457 g/mol. The maximum atomic E-state index is 13.3. The van der Waals surface area contributed by atoms with Crippen molar-refractivity contribution in [3.05, 3.63) is 53.9 Å². The number of primary amides is 1. The van der Waals surface area contributed by atoms with E-state index in [0.717, 1.165) is 11.9 Å². The van der Waals surface area contributed by atoms with Crippen LogP contribution in [0.5, 0.6) is 0 Å². The van der Waals surface area contributed by atoms with Gasteiger partial charge in [0.25, 0.3) is 0 Å². The predicted molar refractivity (Wildman–Crippen MR) is 123 cm³/mol. The van der Waals surface area contributed by atoms with E-state index in [-0.39, 0.29) is 18.3 Å². The van der Waals surface area contributed by atoms with Crippen LogP contribution in [-0.4, -0.2) is 59.2 Å². The number of halogens is 1. The van der Waals surface area contributed by atoms with Crippen molar-refractivity contribution in [2.45, 2.75) is 19.4 Å². The van der Waals surface area contributed by atoms with Gasteiger partial charge in [0.15, 0.2) is 0 Å². The summed E-state index contributed by atoms with van der Waals surface area (Å²) in [4.78, 5) is 31.2. The lowest BCUT2D eigenvalue weighted by Gasteiger charge is -2.27. The Labute approximate surface area is 191 Å². The molecular weight excluding hydrogens is 429 g/mol. The highest BCUT2D eigenvalue weighted by Gasteiger charge is 2.21. The molecule has 1 aliphatic rings. The van der Waals surface area contributed by atoms with Gasteiger partial charge in [0.1, 0.15) is 5.82 Å². The Morgan fingerprint density at radius 1 is 1.30 bits per heavy atom. The van der Waals surface area contributed by atoms with E-state index < -0.39 is 17.8 Å². The van der Waals surface area contributed by atoms with E-state index in [1.165, 1.54) is 12.1 Å². The average molecular weight is 458 g/mol. The maximum absolute atomic E-state index is 13.3. The first-order chi connectivity index (χ1) is 15.8. The van der Waals surface area contributed by atoms with Gasteiger partial charge in [-0.3, -0.25) is 9.78 Å². The molecule has 0 aliphatic carbocycles. The fourth-order valence-electron chi connectivity index (χ4n) is 3.08. The number of amides is 1. The van der Waals surface area contributed by atoms with Crippen molar-refractivity contribution in [3.8, 4) is 0 Å². The zero-order valence-electron chi connectivity index (χ0n) is 18.6. The van der Waals surface area contributed by atoms with E-state index in [2.05, 4.69) is 42.5 Å². The second kappa shape index (κ2) is 11.2. The normalized spacial score (nSPS) is 15.0. The van der Waals surface area contributed by atoms with Crippen LogP contribution in [-0.2, 0) is 9.53 Å². The Hall–Kier alpha value is -3.80. The van der Waals surface area contributed by atoms with E-state index in [4.69, 9.17) is 10.5 Å². The molecule has 1 unspecified atom stereocenters. The lowest BCUT2D eigenvalue weighted by Crippen LogP contribution is -2.37.